The first kappa shape index (κ1) is 22.8. The molecule has 0 heterocycles. The lowest BCUT2D eigenvalue weighted by Crippen LogP contribution is -2.50. The molecule has 172 valence electrons. The monoisotopic (exact) mass is 418 g/mol. The van der Waals surface area contributed by atoms with Gasteiger partial charge in [0.15, 0.2) is 0 Å². The highest BCUT2D eigenvalue weighted by Gasteiger charge is 2.59. The van der Waals surface area contributed by atoms with Gasteiger partial charge in [-0.3, -0.25) is 5.26 Å². The molecule has 0 aromatic heterocycles. The van der Waals surface area contributed by atoms with E-state index in [-0.39, 0.29) is 6.10 Å². The number of hydrogen-bond acceptors (Lipinski definition) is 3. The van der Waals surface area contributed by atoms with Crippen LogP contribution >= 0.6 is 0 Å². The summed E-state index contributed by atoms with van der Waals surface area (Å²) in [5, 5.41) is 19.3. The third-order valence-corrected chi connectivity index (χ3v) is 10.5. The van der Waals surface area contributed by atoms with Crippen molar-refractivity contribution in [3.05, 3.63) is 11.6 Å². The Bertz CT molecular complexity index is 654. The van der Waals surface area contributed by atoms with Gasteiger partial charge in [0, 0.05) is 0 Å². The Morgan fingerprint density at radius 1 is 1.13 bits per heavy atom. The third-order valence-electron chi connectivity index (χ3n) is 10.5. The van der Waals surface area contributed by atoms with E-state index in [1.807, 2.05) is 13.8 Å². The van der Waals surface area contributed by atoms with Crippen molar-refractivity contribution in [3.8, 4) is 0 Å². The predicted octanol–water partition coefficient (Wildman–Crippen LogP) is 7.00. The zero-order valence-electron chi connectivity index (χ0n) is 20.1. The highest BCUT2D eigenvalue weighted by Crippen LogP contribution is 2.67. The van der Waals surface area contributed by atoms with Crippen LogP contribution < -0.4 is 0 Å². The second kappa shape index (κ2) is 8.19. The molecule has 3 fully saturated rings. The van der Waals surface area contributed by atoms with Crippen LogP contribution in [0.4, 0.5) is 0 Å². The molecule has 3 heteroatoms. The molecule has 0 aromatic rings. The van der Waals surface area contributed by atoms with Gasteiger partial charge in [-0.15, -0.1) is 0 Å². The summed E-state index contributed by atoms with van der Waals surface area (Å²) in [6, 6.07) is 0. The van der Waals surface area contributed by atoms with Gasteiger partial charge < -0.3 is 5.11 Å². The first-order chi connectivity index (χ1) is 14.1. The Morgan fingerprint density at radius 2 is 1.90 bits per heavy atom. The second-order valence-corrected chi connectivity index (χ2v) is 12.6. The summed E-state index contributed by atoms with van der Waals surface area (Å²) in [5.41, 5.74) is 2.01. The maximum absolute atomic E-state index is 10.2. The molecule has 0 amide bonds. The minimum absolute atomic E-state index is 0.104. The highest BCUT2D eigenvalue weighted by atomic mass is 17.1. The van der Waals surface area contributed by atoms with E-state index >= 15 is 0 Å². The highest BCUT2D eigenvalue weighted by molar-refractivity contribution is 5.25. The molecule has 0 aliphatic heterocycles. The molecule has 3 saturated carbocycles. The molecule has 8 atom stereocenters. The van der Waals surface area contributed by atoms with Crippen molar-refractivity contribution in [3.63, 3.8) is 0 Å². The van der Waals surface area contributed by atoms with Crippen LogP contribution in [0, 0.1) is 40.4 Å². The van der Waals surface area contributed by atoms with Gasteiger partial charge in [0.1, 0.15) is 0 Å². The molecule has 0 unspecified atom stereocenters. The number of rotatable bonds is 6. The van der Waals surface area contributed by atoms with Crippen molar-refractivity contribution in [2.75, 3.05) is 0 Å². The van der Waals surface area contributed by atoms with Gasteiger partial charge in [-0.05, 0) is 112 Å². The quantitative estimate of drug-likeness (QED) is 0.277. The van der Waals surface area contributed by atoms with Gasteiger partial charge in [-0.25, -0.2) is 4.89 Å². The molecule has 2 N–H and O–H groups in total. The van der Waals surface area contributed by atoms with Crippen LogP contribution in [0.1, 0.15) is 105 Å². The van der Waals surface area contributed by atoms with E-state index in [9.17, 15) is 5.11 Å². The molecule has 4 rings (SSSR count). The summed E-state index contributed by atoms with van der Waals surface area (Å²) < 4.78 is 0. The summed E-state index contributed by atoms with van der Waals surface area (Å²) in [6.07, 6.45) is 15.7. The zero-order chi connectivity index (χ0) is 21.7. The SMILES string of the molecule is C[C@H](CCCC(C)(C)OO)[C@H]1CC[C@H]2[C@@H]3CC=C4C[C@@H](O)CC[C@]4(C)[C@H]3CC[C@]12C. The number of fused-ring (bicyclic) bond motifs is 5. The van der Waals surface area contributed by atoms with E-state index in [0.29, 0.717) is 10.8 Å². The molecule has 4 aliphatic rings. The Balaban J connectivity index is 1.45. The summed E-state index contributed by atoms with van der Waals surface area (Å²) in [4.78, 5) is 4.65. The van der Waals surface area contributed by atoms with Gasteiger partial charge in [0.25, 0.3) is 0 Å². The van der Waals surface area contributed by atoms with Gasteiger partial charge in [0.2, 0.25) is 0 Å². The lowest BCUT2D eigenvalue weighted by Gasteiger charge is -2.58. The summed E-state index contributed by atoms with van der Waals surface area (Å²) >= 11 is 0. The fourth-order valence-corrected chi connectivity index (χ4v) is 8.71. The van der Waals surface area contributed by atoms with Crippen LogP contribution in [-0.2, 0) is 4.89 Å². The van der Waals surface area contributed by atoms with Crippen LogP contribution in [-0.4, -0.2) is 22.1 Å². The van der Waals surface area contributed by atoms with Crippen LogP contribution in [0.5, 0.6) is 0 Å². The average Bonchev–Trinajstić information content (AvgIpc) is 3.05. The molecule has 0 radical (unpaired) electrons. The second-order valence-electron chi connectivity index (χ2n) is 12.6. The van der Waals surface area contributed by atoms with E-state index in [1.165, 1.54) is 44.9 Å². The fourth-order valence-electron chi connectivity index (χ4n) is 8.71. The molecule has 4 aliphatic carbocycles. The number of aliphatic hydroxyl groups is 1. The minimum atomic E-state index is -0.422. The van der Waals surface area contributed by atoms with Crippen molar-refractivity contribution >= 4 is 0 Å². The Hall–Kier alpha value is -0.380. The van der Waals surface area contributed by atoms with Crippen molar-refractivity contribution < 1.29 is 15.3 Å². The van der Waals surface area contributed by atoms with Crippen LogP contribution in [0.3, 0.4) is 0 Å². The van der Waals surface area contributed by atoms with E-state index in [4.69, 9.17) is 5.26 Å². The maximum atomic E-state index is 10.2. The molecule has 0 aromatic carbocycles. The average molecular weight is 419 g/mol. The zero-order valence-corrected chi connectivity index (χ0v) is 20.1. The van der Waals surface area contributed by atoms with Gasteiger partial charge in [-0.1, -0.05) is 45.3 Å². The molecular formula is C27H46O3. The van der Waals surface area contributed by atoms with Gasteiger partial charge in [0.05, 0.1) is 11.7 Å². The first-order valence-electron chi connectivity index (χ1n) is 12.8. The van der Waals surface area contributed by atoms with E-state index in [0.717, 1.165) is 55.3 Å². The van der Waals surface area contributed by atoms with Crippen LogP contribution in [0.25, 0.3) is 0 Å². The van der Waals surface area contributed by atoms with Gasteiger partial charge >= 0.3 is 0 Å². The number of aliphatic hydroxyl groups excluding tert-OH is 1. The first-order valence-corrected chi connectivity index (χ1v) is 12.8. The summed E-state index contributed by atoms with van der Waals surface area (Å²) in [6.45, 7) is 11.6. The molecule has 0 bridgehead atoms. The van der Waals surface area contributed by atoms with Gasteiger partial charge in [-0.2, -0.15) is 0 Å². The molecule has 0 saturated heterocycles. The molecular weight excluding hydrogens is 372 g/mol. The maximum Gasteiger partial charge on any atom is 0.0977 e. The normalized spacial score (nSPS) is 44.6. The Labute approximate surface area is 184 Å². The Kier molecular flexibility index (Phi) is 6.23. The molecule has 3 nitrogen and oxygen atoms in total. The number of allylic oxidation sites excluding steroid dienone is 1. The van der Waals surface area contributed by atoms with E-state index < -0.39 is 5.60 Å². The topological polar surface area (TPSA) is 49.7 Å². The Morgan fingerprint density at radius 3 is 2.63 bits per heavy atom. The smallest absolute Gasteiger partial charge is 0.0977 e. The van der Waals surface area contributed by atoms with E-state index in [2.05, 4.69) is 31.7 Å². The van der Waals surface area contributed by atoms with Crippen molar-refractivity contribution in [1.29, 1.82) is 0 Å². The van der Waals surface area contributed by atoms with Crippen molar-refractivity contribution in [1.82, 2.24) is 0 Å². The lowest BCUT2D eigenvalue weighted by atomic mass is 9.47. The largest absolute Gasteiger partial charge is 0.393 e. The van der Waals surface area contributed by atoms with Crippen molar-refractivity contribution in [2.45, 2.75) is 117 Å². The minimum Gasteiger partial charge on any atom is -0.393 e. The molecule has 30 heavy (non-hydrogen) atoms. The summed E-state index contributed by atoms with van der Waals surface area (Å²) in [7, 11) is 0. The van der Waals surface area contributed by atoms with Crippen LogP contribution in [0.15, 0.2) is 11.6 Å². The lowest BCUT2D eigenvalue weighted by molar-refractivity contribution is -0.314. The van der Waals surface area contributed by atoms with Crippen LogP contribution in [0.2, 0.25) is 0 Å². The summed E-state index contributed by atoms with van der Waals surface area (Å²) in [5.74, 6) is 4.16. The predicted molar refractivity (Wildman–Crippen MR) is 122 cm³/mol. The van der Waals surface area contributed by atoms with Crippen molar-refractivity contribution in [2.24, 2.45) is 40.4 Å². The third kappa shape index (κ3) is 3.82. The van der Waals surface area contributed by atoms with E-state index in [1.54, 1.807) is 5.57 Å². The molecule has 0 spiro atoms. The standard InChI is InChI=1S/C27H46O3/c1-18(7-6-14-25(2,3)30-29)22-10-11-23-21-9-8-19-17-20(28)12-15-26(19,4)24(21)13-16-27(22,23)5/h8,18,20-24,28-29H,6-7,9-17H2,1-5H3/t18-,20+,21+,22-,23+,24+,26+,27-/m1/s1. The number of hydrogen-bond donors (Lipinski definition) is 2. The fraction of sp³-hybridized carbons (Fsp3) is 0.926.